The molecule has 0 aliphatic carbocycles. The highest BCUT2D eigenvalue weighted by molar-refractivity contribution is 7.09. The Morgan fingerprint density at radius 1 is 1.38 bits per heavy atom. The molecule has 2 heterocycles. The van der Waals surface area contributed by atoms with Crippen LogP contribution < -0.4 is 0 Å². The van der Waals surface area contributed by atoms with Gasteiger partial charge in [-0.25, -0.2) is 0 Å². The van der Waals surface area contributed by atoms with Crippen LogP contribution in [-0.2, 0) is 12.8 Å². The van der Waals surface area contributed by atoms with Gasteiger partial charge in [-0.05, 0) is 38.1 Å². The Kier molecular flexibility index (Phi) is 3.72. The first-order valence-electron chi connectivity index (χ1n) is 5.68. The van der Waals surface area contributed by atoms with E-state index in [2.05, 4.69) is 46.1 Å². The predicted molar refractivity (Wildman–Crippen MR) is 66.8 cm³/mol. The summed E-state index contributed by atoms with van der Waals surface area (Å²) in [5, 5.41) is 10.3. The molecule has 0 N–H and O–H groups in total. The van der Waals surface area contributed by atoms with Gasteiger partial charge in [0.05, 0.1) is 0 Å². The molecular weight excluding hydrogens is 218 g/mol. The van der Waals surface area contributed by atoms with Gasteiger partial charge in [-0.15, -0.1) is 21.5 Å². The van der Waals surface area contributed by atoms with Crippen molar-refractivity contribution in [3.63, 3.8) is 0 Å². The first kappa shape index (κ1) is 11.3. The van der Waals surface area contributed by atoms with E-state index in [1.165, 1.54) is 4.88 Å². The number of thiophene rings is 1. The highest BCUT2D eigenvalue weighted by Gasteiger charge is 2.06. The van der Waals surface area contributed by atoms with Crippen LogP contribution in [-0.4, -0.2) is 14.8 Å². The summed E-state index contributed by atoms with van der Waals surface area (Å²) in [5.74, 6) is 1.10. The van der Waals surface area contributed by atoms with Crippen LogP contribution in [0, 0.1) is 0 Å². The third-order valence-corrected chi connectivity index (χ3v) is 3.54. The van der Waals surface area contributed by atoms with Crippen LogP contribution in [0.3, 0.4) is 0 Å². The molecule has 0 aliphatic rings. The molecule has 0 aliphatic heterocycles. The van der Waals surface area contributed by atoms with Gasteiger partial charge in [0.1, 0.15) is 12.2 Å². The third-order valence-electron chi connectivity index (χ3n) is 2.61. The van der Waals surface area contributed by atoms with Crippen molar-refractivity contribution in [1.29, 1.82) is 0 Å². The number of hydrogen-bond donors (Lipinski definition) is 0. The smallest absolute Gasteiger partial charge is 0.133 e. The van der Waals surface area contributed by atoms with E-state index in [9.17, 15) is 0 Å². The maximum Gasteiger partial charge on any atom is 0.133 e. The molecule has 0 bridgehead atoms. The van der Waals surface area contributed by atoms with Gasteiger partial charge in [0.15, 0.2) is 0 Å². The monoisotopic (exact) mass is 235 g/mol. The molecule has 0 fully saturated rings. The lowest BCUT2D eigenvalue weighted by atomic mass is 10.2. The van der Waals surface area contributed by atoms with E-state index in [-0.39, 0.29) is 0 Å². The van der Waals surface area contributed by atoms with Crippen LogP contribution in [0.25, 0.3) is 0 Å². The Morgan fingerprint density at radius 2 is 2.25 bits per heavy atom. The number of rotatable bonds is 5. The van der Waals surface area contributed by atoms with E-state index in [1.54, 1.807) is 0 Å². The van der Waals surface area contributed by atoms with Gasteiger partial charge in [-0.2, -0.15) is 0 Å². The quantitative estimate of drug-likeness (QED) is 0.797. The van der Waals surface area contributed by atoms with Crippen LogP contribution in [0.1, 0.15) is 37.0 Å². The third kappa shape index (κ3) is 2.70. The van der Waals surface area contributed by atoms with Crippen molar-refractivity contribution in [1.82, 2.24) is 14.8 Å². The normalized spacial score (nSPS) is 11.2. The van der Waals surface area contributed by atoms with Crippen LogP contribution in [0.4, 0.5) is 0 Å². The number of hydrogen-bond acceptors (Lipinski definition) is 3. The van der Waals surface area contributed by atoms with E-state index >= 15 is 0 Å². The van der Waals surface area contributed by atoms with Crippen molar-refractivity contribution in [2.75, 3.05) is 0 Å². The molecule has 0 radical (unpaired) electrons. The maximum atomic E-state index is 4.17. The second kappa shape index (κ2) is 5.25. The Labute approximate surface area is 100 Å². The fourth-order valence-corrected chi connectivity index (χ4v) is 2.50. The lowest BCUT2D eigenvalue weighted by molar-refractivity contribution is 0.560. The molecule has 3 nitrogen and oxygen atoms in total. The summed E-state index contributed by atoms with van der Waals surface area (Å²) < 4.78 is 2.15. The summed E-state index contributed by atoms with van der Waals surface area (Å²) in [6, 6.07) is 4.75. The Morgan fingerprint density at radius 3 is 2.94 bits per heavy atom. The fourth-order valence-electron chi connectivity index (χ4n) is 1.75. The summed E-state index contributed by atoms with van der Waals surface area (Å²) in [6.07, 6.45) is 5.12. The summed E-state index contributed by atoms with van der Waals surface area (Å²) >= 11 is 1.83. The number of aromatic nitrogens is 3. The van der Waals surface area contributed by atoms with E-state index in [0.717, 1.165) is 25.1 Å². The maximum absolute atomic E-state index is 4.17. The SMILES string of the molecule is CC(C)n1cnnc1CCCc1cccs1. The zero-order valence-corrected chi connectivity index (χ0v) is 10.6. The number of aryl methyl sites for hydroxylation is 2. The predicted octanol–water partition coefficient (Wildman–Crippen LogP) is 3.10. The fraction of sp³-hybridized carbons (Fsp3) is 0.500. The van der Waals surface area contributed by atoms with Crippen LogP contribution in [0.5, 0.6) is 0 Å². The van der Waals surface area contributed by atoms with Crippen molar-refractivity contribution in [2.45, 2.75) is 39.2 Å². The molecule has 0 unspecified atom stereocenters. The van der Waals surface area contributed by atoms with Crippen molar-refractivity contribution in [2.24, 2.45) is 0 Å². The first-order chi connectivity index (χ1) is 7.77. The molecule has 86 valence electrons. The molecular formula is C12H17N3S. The van der Waals surface area contributed by atoms with Crippen molar-refractivity contribution in [3.8, 4) is 0 Å². The summed E-state index contributed by atoms with van der Waals surface area (Å²) in [7, 11) is 0. The Bertz CT molecular complexity index is 417. The lowest BCUT2D eigenvalue weighted by Crippen LogP contribution is -2.05. The molecule has 0 saturated heterocycles. The van der Waals surface area contributed by atoms with Crippen LogP contribution in [0.15, 0.2) is 23.8 Å². The Balaban J connectivity index is 1.87. The average Bonchev–Trinajstić information content (AvgIpc) is 2.87. The van der Waals surface area contributed by atoms with Gasteiger partial charge in [0.2, 0.25) is 0 Å². The van der Waals surface area contributed by atoms with Gasteiger partial charge in [-0.1, -0.05) is 6.07 Å². The van der Waals surface area contributed by atoms with Crippen molar-refractivity contribution < 1.29 is 0 Å². The topological polar surface area (TPSA) is 30.7 Å². The Hall–Kier alpha value is -1.16. The van der Waals surface area contributed by atoms with Gasteiger partial charge in [-0.3, -0.25) is 0 Å². The van der Waals surface area contributed by atoms with E-state index < -0.39 is 0 Å². The molecule has 0 amide bonds. The molecule has 4 heteroatoms. The van der Waals surface area contributed by atoms with Crippen molar-refractivity contribution >= 4 is 11.3 Å². The molecule has 0 aromatic carbocycles. The largest absolute Gasteiger partial charge is 0.315 e. The average molecular weight is 235 g/mol. The molecule has 2 aromatic rings. The zero-order chi connectivity index (χ0) is 11.4. The second-order valence-corrected chi connectivity index (χ2v) is 5.21. The minimum atomic E-state index is 0.451. The molecule has 2 rings (SSSR count). The summed E-state index contributed by atoms with van der Waals surface area (Å²) in [5.41, 5.74) is 0. The van der Waals surface area contributed by atoms with Crippen molar-refractivity contribution in [3.05, 3.63) is 34.5 Å². The molecule has 0 saturated carbocycles. The standard InChI is InChI=1S/C12H17N3S/c1-10(2)15-9-13-14-12(15)7-3-5-11-6-4-8-16-11/h4,6,8-10H,3,5,7H2,1-2H3. The van der Waals surface area contributed by atoms with Gasteiger partial charge in [0, 0.05) is 17.3 Å². The first-order valence-corrected chi connectivity index (χ1v) is 6.56. The van der Waals surface area contributed by atoms with E-state index in [1.807, 2.05) is 17.7 Å². The molecule has 16 heavy (non-hydrogen) atoms. The van der Waals surface area contributed by atoms with E-state index in [0.29, 0.717) is 6.04 Å². The molecule has 0 spiro atoms. The van der Waals surface area contributed by atoms with Crippen LogP contribution >= 0.6 is 11.3 Å². The van der Waals surface area contributed by atoms with Gasteiger partial charge >= 0.3 is 0 Å². The highest BCUT2D eigenvalue weighted by atomic mass is 32.1. The molecule has 0 atom stereocenters. The van der Waals surface area contributed by atoms with E-state index in [4.69, 9.17) is 0 Å². The minimum absolute atomic E-state index is 0.451. The summed E-state index contributed by atoms with van der Waals surface area (Å²) in [4.78, 5) is 1.45. The summed E-state index contributed by atoms with van der Waals surface area (Å²) in [6.45, 7) is 4.32. The number of nitrogens with zero attached hydrogens (tertiary/aromatic N) is 3. The molecule has 2 aromatic heterocycles. The minimum Gasteiger partial charge on any atom is -0.315 e. The van der Waals surface area contributed by atoms with Crippen LogP contribution in [0.2, 0.25) is 0 Å². The lowest BCUT2D eigenvalue weighted by Gasteiger charge is -2.09. The second-order valence-electron chi connectivity index (χ2n) is 4.18. The highest BCUT2D eigenvalue weighted by Crippen LogP contribution is 2.13. The van der Waals surface area contributed by atoms with Gasteiger partial charge in [0.25, 0.3) is 0 Å². The zero-order valence-electron chi connectivity index (χ0n) is 9.76. The van der Waals surface area contributed by atoms with Gasteiger partial charge < -0.3 is 4.57 Å².